The van der Waals surface area contributed by atoms with E-state index in [1.165, 1.54) is 6.33 Å². The van der Waals surface area contributed by atoms with E-state index < -0.39 is 0 Å². The Hall–Kier alpha value is -1.69. The van der Waals surface area contributed by atoms with E-state index in [9.17, 15) is 0 Å². The van der Waals surface area contributed by atoms with Gasteiger partial charge >= 0.3 is 0 Å². The molecule has 4 unspecified atom stereocenters. The van der Waals surface area contributed by atoms with Crippen molar-refractivity contribution in [2.24, 2.45) is 11.8 Å². The van der Waals surface area contributed by atoms with Gasteiger partial charge in [-0.2, -0.15) is 0 Å². The molecule has 0 bridgehead atoms. The summed E-state index contributed by atoms with van der Waals surface area (Å²) in [6.07, 6.45) is 4.56. The largest absolute Gasteiger partial charge is 0.382 e. The van der Waals surface area contributed by atoms with Crippen LogP contribution in [0.15, 0.2) is 12.7 Å². The molecule has 2 N–H and O–H groups in total. The Bertz CT molecular complexity index is 596. The molecule has 19 heavy (non-hydrogen) atoms. The fourth-order valence-corrected chi connectivity index (χ4v) is 3.16. The molecule has 0 amide bonds. The first-order chi connectivity index (χ1) is 9.13. The van der Waals surface area contributed by atoms with E-state index >= 15 is 0 Å². The molecule has 1 saturated heterocycles. The first-order valence-electron chi connectivity index (χ1n) is 6.72. The van der Waals surface area contributed by atoms with Crippen LogP contribution in [0, 0.1) is 11.8 Å². The van der Waals surface area contributed by atoms with Gasteiger partial charge in [-0.25, -0.2) is 15.0 Å². The summed E-state index contributed by atoms with van der Waals surface area (Å²) in [4.78, 5) is 12.6. The topological polar surface area (TPSA) is 78.9 Å². The third kappa shape index (κ3) is 1.78. The van der Waals surface area contributed by atoms with Crippen molar-refractivity contribution in [3.63, 3.8) is 0 Å². The summed E-state index contributed by atoms with van der Waals surface area (Å²) in [7, 11) is 0. The van der Waals surface area contributed by atoms with Gasteiger partial charge in [-0.05, 0) is 12.8 Å². The van der Waals surface area contributed by atoms with Gasteiger partial charge in [-0.3, -0.25) is 4.57 Å². The summed E-state index contributed by atoms with van der Waals surface area (Å²) in [6.45, 7) is 6.56. The van der Waals surface area contributed by atoms with Crippen molar-refractivity contribution in [3.05, 3.63) is 12.7 Å². The lowest BCUT2D eigenvalue weighted by Gasteiger charge is -2.19. The molecule has 0 radical (unpaired) electrons. The van der Waals surface area contributed by atoms with E-state index in [1.54, 1.807) is 6.33 Å². The minimum Gasteiger partial charge on any atom is -0.382 e. The second kappa shape index (κ2) is 4.45. The molecule has 1 aliphatic heterocycles. The molecule has 6 heteroatoms. The van der Waals surface area contributed by atoms with Gasteiger partial charge in [-0.15, -0.1) is 0 Å². The second-order valence-corrected chi connectivity index (χ2v) is 5.25. The first-order valence-corrected chi connectivity index (χ1v) is 6.72. The van der Waals surface area contributed by atoms with Crippen LogP contribution in [0.1, 0.15) is 33.4 Å². The van der Waals surface area contributed by atoms with Crippen LogP contribution in [0.25, 0.3) is 11.2 Å². The number of hydrogen-bond donors (Lipinski definition) is 1. The molecule has 1 aliphatic rings. The zero-order valence-corrected chi connectivity index (χ0v) is 11.4. The van der Waals surface area contributed by atoms with E-state index in [-0.39, 0.29) is 12.3 Å². The highest BCUT2D eigenvalue weighted by atomic mass is 16.5. The number of anilines is 1. The number of ether oxygens (including phenoxy) is 1. The van der Waals surface area contributed by atoms with Gasteiger partial charge in [0.2, 0.25) is 0 Å². The molecule has 0 spiro atoms. The van der Waals surface area contributed by atoms with Crippen LogP contribution in [-0.2, 0) is 4.74 Å². The van der Waals surface area contributed by atoms with Crippen molar-refractivity contribution in [1.82, 2.24) is 19.5 Å². The summed E-state index contributed by atoms with van der Waals surface area (Å²) >= 11 is 0. The third-order valence-electron chi connectivity index (χ3n) is 4.21. The minimum absolute atomic E-state index is 0.0285. The highest BCUT2D eigenvalue weighted by Crippen LogP contribution is 2.41. The SMILES string of the molecule is CCC1C(C)OC(n2cnc3c(N)ncnc32)C1C. The number of rotatable bonds is 2. The quantitative estimate of drug-likeness (QED) is 0.894. The Balaban J connectivity index is 2.04. The lowest BCUT2D eigenvalue weighted by Crippen LogP contribution is -2.17. The van der Waals surface area contributed by atoms with Gasteiger partial charge < -0.3 is 10.5 Å². The van der Waals surface area contributed by atoms with Crippen LogP contribution in [0.5, 0.6) is 0 Å². The van der Waals surface area contributed by atoms with Crippen LogP contribution in [0.2, 0.25) is 0 Å². The van der Waals surface area contributed by atoms with Gasteiger partial charge in [0.15, 0.2) is 11.5 Å². The van der Waals surface area contributed by atoms with Crippen LogP contribution >= 0.6 is 0 Å². The fraction of sp³-hybridized carbons (Fsp3) is 0.615. The average molecular weight is 261 g/mol. The molecule has 3 heterocycles. The van der Waals surface area contributed by atoms with E-state index in [1.807, 2.05) is 4.57 Å². The zero-order chi connectivity index (χ0) is 13.6. The van der Waals surface area contributed by atoms with Gasteiger partial charge in [0.25, 0.3) is 0 Å². The van der Waals surface area contributed by atoms with E-state index in [2.05, 4.69) is 35.7 Å². The Morgan fingerprint density at radius 3 is 2.79 bits per heavy atom. The maximum absolute atomic E-state index is 6.09. The first kappa shape index (κ1) is 12.3. The van der Waals surface area contributed by atoms with E-state index in [0.29, 0.717) is 23.2 Å². The number of nitrogens with two attached hydrogens (primary N) is 1. The maximum atomic E-state index is 6.09. The van der Waals surface area contributed by atoms with Crippen LogP contribution in [-0.4, -0.2) is 25.6 Å². The number of fused-ring (bicyclic) bond motifs is 1. The maximum Gasteiger partial charge on any atom is 0.167 e. The average Bonchev–Trinajstić information content (AvgIpc) is 2.92. The van der Waals surface area contributed by atoms with Gasteiger partial charge in [0.05, 0.1) is 12.4 Å². The van der Waals surface area contributed by atoms with Crippen molar-refractivity contribution in [2.45, 2.75) is 39.5 Å². The molecule has 3 rings (SSSR count). The summed E-state index contributed by atoms with van der Waals surface area (Å²) in [5.74, 6) is 1.39. The summed E-state index contributed by atoms with van der Waals surface area (Å²) in [5, 5.41) is 0. The van der Waals surface area contributed by atoms with Gasteiger partial charge in [0, 0.05) is 5.92 Å². The predicted molar refractivity (Wildman–Crippen MR) is 72.3 cm³/mol. The Morgan fingerprint density at radius 1 is 1.32 bits per heavy atom. The molecule has 2 aromatic rings. The van der Waals surface area contributed by atoms with Crippen LogP contribution < -0.4 is 5.73 Å². The normalized spacial score (nSPS) is 31.1. The van der Waals surface area contributed by atoms with Crippen molar-refractivity contribution in [1.29, 1.82) is 0 Å². The second-order valence-electron chi connectivity index (χ2n) is 5.25. The molecule has 6 nitrogen and oxygen atoms in total. The van der Waals surface area contributed by atoms with Crippen molar-refractivity contribution < 1.29 is 4.74 Å². The van der Waals surface area contributed by atoms with Crippen LogP contribution in [0.4, 0.5) is 5.82 Å². The third-order valence-corrected chi connectivity index (χ3v) is 4.21. The molecule has 0 aliphatic carbocycles. The van der Waals surface area contributed by atoms with E-state index in [0.717, 1.165) is 12.1 Å². The number of imidazole rings is 1. The highest BCUT2D eigenvalue weighted by Gasteiger charge is 2.39. The van der Waals surface area contributed by atoms with Crippen LogP contribution in [0.3, 0.4) is 0 Å². The van der Waals surface area contributed by atoms with Gasteiger partial charge in [-0.1, -0.05) is 20.3 Å². The lowest BCUT2D eigenvalue weighted by molar-refractivity contribution is -0.00293. The Morgan fingerprint density at radius 2 is 2.11 bits per heavy atom. The fourth-order valence-electron chi connectivity index (χ4n) is 3.16. The molecular weight excluding hydrogens is 242 g/mol. The molecular formula is C13H19N5O. The molecule has 2 aromatic heterocycles. The van der Waals surface area contributed by atoms with Crippen molar-refractivity contribution >= 4 is 17.0 Å². The zero-order valence-electron chi connectivity index (χ0n) is 11.4. The smallest absolute Gasteiger partial charge is 0.167 e. The Kier molecular flexibility index (Phi) is 2.89. The molecule has 102 valence electrons. The molecule has 1 fully saturated rings. The summed E-state index contributed by atoms with van der Waals surface area (Å²) in [5.41, 5.74) is 7.20. The van der Waals surface area contributed by atoms with Crippen molar-refractivity contribution in [3.8, 4) is 0 Å². The highest BCUT2D eigenvalue weighted by molar-refractivity contribution is 5.81. The monoisotopic (exact) mass is 261 g/mol. The summed E-state index contributed by atoms with van der Waals surface area (Å²) < 4.78 is 8.07. The van der Waals surface area contributed by atoms with E-state index in [4.69, 9.17) is 10.5 Å². The summed E-state index contributed by atoms with van der Waals surface area (Å²) in [6, 6.07) is 0. The number of hydrogen-bond acceptors (Lipinski definition) is 5. The number of nitrogen functional groups attached to an aromatic ring is 1. The molecule has 0 saturated carbocycles. The molecule has 4 atom stereocenters. The molecule has 0 aromatic carbocycles. The standard InChI is InChI=1S/C13H19N5O/c1-4-9-7(2)13(19-8(9)3)18-6-17-10-11(14)15-5-16-12(10)18/h5-9,13H,4H2,1-3H3,(H2,14,15,16). The van der Waals surface area contributed by atoms with Gasteiger partial charge in [0.1, 0.15) is 18.1 Å². The Labute approximate surface area is 112 Å². The number of nitrogens with zero attached hydrogens (tertiary/aromatic N) is 4. The predicted octanol–water partition coefficient (Wildman–Crippen LogP) is 1.99. The van der Waals surface area contributed by atoms with Crippen molar-refractivity contribution in [2.75, 3.05) is 5.73 Å². The minimum atomic E-state index is -0.0285. The lowest BCUT2D eigenvalue weighted by atomic mass is 9.89. The number of aromatic nitrogens is 4.